The SMILES string of the molecule is CCC(CC)N(C)S(=O)(=O)CCCCNC. The quantitative estimate of drug-likeness (QED) is 0.630. The molecule has 98 valence electrons. The summed E-state index contributed by atoms with van der Waals surface area (Å²) < 4.78 is 25.5. The first-order valence-corrected chi connectivity index (χ1v) is 7.70. The van der Waals surface area contributed by atoms with Gasteiger partial charge in [-0.3, -0.25) is 0 Å². The average molecular weight is 250 g/mol. The molecule has 0 unspecified atom stereocenters. The van der Waals surface area contributed by atoms with Gasteiger partial charge in [-0.2, -0.15) is 0 Å². The maximum absolute atomic E-state index is 12.0. The van der Waals surface area contributed by atoms with Crippen LogP contribution in [0.3, 0.4) is 0 Å². The molecule has 0 aromatic rings. The lowest BCUT2D eigenvalue weighted by molar-refractivity contribution is 0.349. The van der Waals surface area contributed by atoms with Crippen LogP contribution in [0.2, 0.25) is 0 Å². The molecule has 4 nitrogen and oxygen atoms in total. The number of unbranched alkanes of at least 4 members (excludes halogenated alkanes) is 1. The van der Waals surface area contributed by atoms with E-state index in [1.165, 1.54) is 0 Å². The van der Waals surface area contributed by atoms with E-state index in [-0.39, 0.29) is 11.8 Å². The van der Waals surface area contributed by atoms with E-state index in [0.717, 1.165) is 32.2 Å². The summed E-state index contributed by atoms with van der Waals surface area (Å²) in [4.78, 5) is 0. The fraction of sp³-hybridized carbons (Fsp3) is 1.00. The summed E-state index contributed by atoms with van der Waals surface area (Å²) in [6.07, 6.45) is 3.39. The maximum Gasteiger partial charge on any atom is 0.214 e. The first-order valence-electron chi connectivity index (χ1n) is 6.09. The molecule has 0 aliphatic heterocycles. The Bertz CT molecular complexity index is 261. The molecule has 0 atom stereocenters. The van der Waals surface area contributed by atoms with Crippen molar-refractivity contribution in [3.8, 4) is 0 Å². The summed E-state index contributed by atoms with van der Waals surface area (Å²) in [5, 5.41) is 3.02. The summed E-state index contributed by atoms with van der Waals surface area (Å²) in [6, 6.07) is 0.148. The molecule has 0 heterocycles. The van der Waals surface area contributed by atoms with Gasteiger partial charge in [0.05, 0.1) is 5.75 Å². The van der Waals surface area contributed by atoms with Crippen molar-refractivity contribution in [2.75, 3.05) is 26.4 Å². The van der Waals surface area contributed by atoms with Crippen molar-refractivity contribution in [2.24, 2.45) is 0 Å². The van der Waals surface area contributed by atoms with Gasteiger partial charge in [-0.05, 0) is 39.3 Å². The van der Waals surface area contributed by atoms with Crippen LogP contribution in [0.15, 0.2) is 0 Å². The molecule has 0 aliphatic rings. The molecule has 5 heteroatoms. The Hall–Kier alpha value is -0.130. The minimum Gasteiger partial charge on any atom is -0.320 e. The van der Waals surface area contributed by atoms with E-state index in [2.05, 4.69) is 5.32 Å². The molecule has 0 fully saturated rings. The summed E-state index contributed by atoms with van der Waals surface area (Å²) in [5.41, 5.74) is 0. The van der Waals surface area contributed by atoms with E-state index in [1.54, 1.807) is 11.4 Å². The maximum atomic E-state index is 12.0. The van der Waals surface area contributed by atoms with Gasteiger partial charge >= 0.3 is 0 Å². The number of hydrogen-bond acceptors (Lipinski definition) is 3. The van der Waals surface area contributed by atoms with Gasteiger partial charge in [-0.25, -0.2) is 12.7 Å². The Morgan fingerprint density at radius 1 is 1.19 bits per heavy atom. The third-order valence-electron chi connectivity index (χ3n) is 2.97. The number of hydrogen-bond donors (Lipinski definition) is 1. The molecule has 0 rings (SSSR count). The Morgan fingerprint density at radius 2 is 1.75 bits per heavy atom. The third-order valence-corrected chi connectivity index (χ3v) is 4.95. The van der Waals surface area contributed by atoms with Gasteiger partial charge in [0.1, 0.15) is 0 Å². The number of nitrogens with one attached hydrogen (secondary N) is 1. The van der Waals surface area contributed by atoms with Crippen LogP contribution in [0.5, 0.6) is 0 Å². The first kappa shape index (κ1) is 15.9. The van der Waals surface area contributed by atoms with E-state index in [1.807, 2.05) is 20.9 Å². The zero-order valence-electron chi connectivity index (χ0n) is 11.0. The van der Waals surface area contributed by atoms with Gasteiger partial charge in [0.2, 0.25) is 10.0 Å². The fourth-order valence-electron chi connectivity index (χ4n) is 1.76. The van der Waals surface area contributed by atoms with Crippen LogP contribution >= 0.6 is 0 Å². The lowest BCUT2D eigenvalue weighted by Gasteiger charge is -2.25. The number of sulfonamides is 1. The van der Waals surface area contributed by atoms with Crippen molar-refractivity contribution in [3.05, 3.63) is 0 Å². The predicted molar refractivity (Wildman–Crippen MR) is 69.1 cm³/mol. The van der Waals surface area contributed by atoms with Crippen LogP contribution in [0.25, 0.3) is 0 Å². The average Bonchev–Trinajstić information content (AvgIpc) is 2.26. The van der Waals surface area contributed by atoms with Gasteiger partial charge in [0.25, 0.3) is 0 Å². The zero-order valence-corrected chi connectivity index (χ0v) is 11.8. The van der Waals surface area contributed by atoms with Crippen molar-refractivity contribution < 1.29 is 8.42 Å². The topological polar surface area (TPSA) is 49.4 Å². The standard InChI is InChI=1S/C11H26N2O2S/c1-5-11(6-2)13(4)16(14,15)10-8-7-9-12-3/h11-12H,5-10H2,1-4H3. The number of nitrogens with zero attached hydrogens (tertiary/aromatic N) is 1. The van der Waals surface area contributed by atoms with Crippen molar-refractivity contribution in [2.45, 2.75) is 45.6 Å². The van der Waals surface area contributed by atoms with Gasteiger partial charge in [0, 0.05) is 13.1 Å². The Morgan fingerprint density at radius 3 is 2.19 bits per heavy atom. The predicted octanol–water partition coefficient (Wildman–Crippen LogP) is 1.44. The molecule has 0 spiro atoms. The third kappa shape index (κ3) is 5.27. The Balaban J connectivity index is 4.20. The molecular formula is C11H26N2O2S. The van der Waals surface area contributed by atoms with Crippen LogP contribution in [-0.4, -0.2) is 45.2 Å². The van der Waals surface area contributed by atoms with Crippen molar-refractivity contribution in [1.82, 2.24) is 9.62 Å². The summed E-state index contributed by atoms with van der Waals surface area (Å²) in [7, 11) is 0.521. The molecule has 0 saturated carbocycles. The normalized spacial score (nSPS) is 12.6. The van der Waals surface area contributed by atoms with E-state index in [9.17, 15) is 8.42 Å². The summed E-state index contributed by atoms with van der Waals surface area (Å²) in [6.45, 7) is 4.94. The van der Waals surface area contributed by atoms with Crippen LogP contribution in [0.1, 0.15) is 39.5 Å². The van der Waals surface area contributed by atoms with Gasteiger partial charge < -0.3 is 5.32 Å². The second-order valence-corrected chi connectivity index (χ2v) is 6.26. The van der Waals surface area contributed by atoms with Crippen molar-refractivity contribution in [3.63, 3.8) is 0 Å². The molecule has 0 saturated heterocycles. The summed E-state index contributed by atoms with van der Waals surface area (Å²) in [5.74, 6) is 0.266. The minimum absolute atomic E-state index is 0.148. The highest BCUT2D eigenvalue weighted by molar-refractivity contribution is 7.89. The smallest absolute Gasteiger partial charge is 0.214 e. The fourth-order valence-corrected chi connectivity index (χ4v) is 3.37. The highest BCUT2D eigenvalue weighted by Gasteiger charge is 2.23. The van der Waals surface area contributed by atoms with Gasteiger partial charge in [0.15, 0.2) is 0 Å². The second-order valence-electron chi connectivity index (χ2n) is 4.11. The van der Waals surface area contributed by atoms with Crippen LogP contribution in [-0.2, 0) is 10.0 Å². The van der Waals surface area contributed by atoms with Crippen molar-refractivity contribution in [1.29, 1.82) is 0 Å². The first-order chi connectivity index (χ1) is 7.49. The molecule has 0 aromatic heterocycles. The highest BCUT2D eigenvalue weighted by Crippen LogP contribution is 2.12. The van der Waals surface area contributed by atoms with Gasteiger partial charge in [-0.15, -0.1) is 0 Å². The molecule has 1 N–H and O–H groups in total. The number of rotatable bonds is 9. The van der Waals surface area contributed by atoms with Crippen molar-refractivity contribution >= 4 is 10.0 Å². The zero-order chi connectivity index (χ0) is 12.6. The van der Waals surface area contributed by atoms with Crippen LogP contribution in [0, 0.1) is 0 Å². The molecule has 0 amide bonds. The van der Waals surface area contributed by atoms with Crippen LogP contribution < -0.4 is 5.32 Å². The second kappa shape index (κ2) is 8.03. The van der Waals surface area contributed by atoms with Gasteiger partial charge in [-0.1, -0.05) is 13.8 Å². The Kier molecular flexibility index (Phi) is 7.97. The van der Waals surface area contributed by atoms with E-state index >= 15 is 0 Å². The molecule has 0 radical (unpaired) electrons. The monoisotopic (exact) mass is 250 g/mol. The molecule has 0 bridgehead atoms. The van der Waals surface area contributed by atoms with E-state index < -0.39 is 10.0 Å². The van der Waals surface area contributed by atoms with E-state index in [0.29, 0.717) is 0 Å². The lowest BCUT2D eigenvalue weighted by Crippen LogP contribution is -2.37. The largest absolute Gasteiger partial charge is 0.320 e. The highest BCUT2D eigenvalue weighted by atomic mass is 32.2. The summed E-state index contributed by atoms with van der Waals surface area (Å²) >= 11 is 0. The molecule has 16 heavy (non-hydrogen) atoms. The van der Waals surface area contributed by atoms with E-state index in [4.69, 9.17) is 0 Å². The minimum atomic E-state index is -3.06. The lowest BCUT2D eigenvalue weighted by atomic mass is 10.2. The Labute approximate surface area is 100 Å². The van der Waals surface area contributed by atoms with Crippen LogP contribution in [0.4, 0.5) is 0 Å². The molecule has 0 aliphatic carbocycles. The molecule has 0 aromatic carbocycles. The molecular weight excluding hydrogens is 224 g/mol.